The highest BCUT2D eigenvalue weighted by atomic mass is 35.5. The Morgan fingerprint density at radius 3 is 2.94 bits per heavy atom. The summed E-state index contributed by atoms with van der Waals surface area (Å²) in [6.45, 7) is 1.71. The Balaban J connectivity index is 1.96. The van der Waals surface area contributed by atoms with E-state index in [0.717, 1.165) is 13.1 Å². The second-order valence-electron chi connectivity index (χ2n) is 3.90. The van der Waals surface area contributed by atoms with Gasteiger partial charge in [-0.3, -0.25) is 4.79 Å². The van der Waals surface area contributed by atoms with Gasteiger partial charge in [0.2, 0.25) is 5.91 Å². The maximum absolute atomic E-state index is 13.3. The van der Waals surface area contributed by atoms with Gasteiger partial charge in [0.25, 0.3) is 0 Å². The minimum atomic E-state index is -0.468. The Morgan fingerprint density at radius 1 is 1.56 bits per heavy atom. The topological polar surface area (TPSA) is 41.1 Å². The van der Waals surface area contributed by atoms with Crippen LogP contribution in [0.2, 0.25) is 5.02 Å². The Bertz CT molecular complexity index is 407. The Kier molecular flexibility index (Phi) is 3.41. The van der Waals surface area contributed by atoms with E-state index in [9.17, 15) is 9.18 Å². The van der Waals surface area contributed by atoms with E-state index in [1.807, 2.05) is 0 Å². The van der Waals surface area contributed by atoms with Gasteiger partial charge in [0.15, 0.2) is 0 Å². The van der Waals surface area contributed by atoms with Crippen LogP contribution in [0, 0.1) is 11.7 Å². The van der Waals surface area contributed by atoms with Gasteiger partial charge in [-0.2, -0.15) is 0 Å². The normalized spacial score (nSPS) is 15.6. The third-order valence-corrected chi connectivity index (χ3v) is 2.78. The molecule has 16 heavy (non-hydrogen) atoms. The fourth-order valence-corrected chi connectivity index (χ4v) is 1.72. The van der Waals surface area contributed by atoms with Gasteiger partial charge in [0.1, 0.15) is 5.82 Å². The zero-order valence-corrected chi connectivity index (χ0v) is 9.35. The minimum Gasteiger partial charge on any atom is -0.324 e. The fraction of sp³-hybridized carbons (Fsp3) is 0.364. The molecule has 1 fully saturated rings. The van der Waals surface area contributed by atoms with E-state index in [-0.39, 0.29) is 11.6 Å². The smallest absolute Gasteiger partial charge is 0.224 e. The lowest BCUT2D eigenvalue weighted by Crippen LogP contribution is -2.43. The fourth-order valence-electron chi connectivity index (χ4n) is 1.55. The van der Waals surface area contributed by atoms with E-state index in [0.29, 0.717) is 17.4 Å². The predicted molar refractivity (Wildman–Crippen MR) is 61.0 cm³/mol. The van der Waals surface area contributed by atoms with E-state index in [4.69, 9.17) is 11.6 Å². The molecular formula is C11H12ClFN2O. The summed E-state index contributed by atoms with van der Waals surface area (Å²) in [6, 6.07) is 4.10. The van der Waals surface area contributed by atoms with Crippen LogP contribution in [0.25, 0.3) is 0 Å². The Hall–Kier alpha value is -1.13. The van der Waals surface area contributed by atoms with Crippen molar-refractivity contribution in [1.29, 1.82) is 0 Å². The summed E-state index contributed by atoms with van der Waals surface area (Å²) in [7, 11) is 0. The largest absolute Gasteiger partial charge is 0.324 e. The number of halogens is 2. The van der Waals surface area contributed by atoms with Crippen molar-refractivity contribution in [2.24, 2.45) is 5.92 Å². The quantitative estimate of drug-likeness (QED) is 0.852. The molecule has 0 unspecified atom stereocenters. The lowest BCUT2D eigenvalue weighted by Gasteiger charge is -2.26. The van der Waals surface area contributed by atoms with Crippen molar-refractivity contribution in [3.63, 3.8) is 0 Å². The van der Waals surface area contributed by atoms with Crippen molar-refractivity contribution in [2.45, 2.75) is 6.42 Å². The number of rotatable bonds is 3. The number of anilines is 1. The van der Waals surface area contributed by atoms with E-state index in [1.54, 1.807) is 0 Å². The average molecular weight is 243 g/mol. The summed E-state index contributed by atoms with van der Waals surface area (Å²) >= 11 is 5.72. The first-order valence-corrected chi connectivity index (χ1v) is 5.48. The van der Waals surface area contributed by atoms with Gasteiger partial charge >= 0.3 is 0 Å². The van der Waals surface area contributed by atoms with Crippen LogP contribution in [0.1, 0.15) is 6.42 Å². The highest BCUT2D eigenvalue weighted by Crippen LogP contribution is 2.20. The van der Waals surface area contributed by atoms with Crippen LogP contribution in [-0.4, -0.2) is 19.0 Å². The highest BCUT2D eigenvalue weighted by molar-refractivity contribution is 6.30. The van der Waals surface area contributed by atoms with E-state index >= 15 is 0 Å². The molecule has 3 nitrogen and oxygen atoms in total. The van der Waals surface area contributed by atoms with Crippen LogP contribution in [0.5, 0.6) is 0 Å². The Morgan fingerprint density at radius 2 is 2.31 bits per heavy atom. The van der Waals surface area contributed by atoms with Gasteiger partial charge in [-0.25, -0.2) is 4.39 Å². The summed E-state index contributed by atoms with van der Waals surface area (Å²) in [5, 5.41) is 6.00. The minimum absolute atomic E-state index is 0.143. The molecule has 0 atom stereocenters. The number of hydrogen-bond donors (Lipinski definition) is 2. The highest BCUT2D eigenvalue weighted by Gasteiger charge is 2.20. The first kappa shape index (κ1) is 11.4. The zero-order chi connectivity index (χ0) is 11.5. The third kappa shape index (κ3) is 2.71. The van der Waals surface area contributed by atoms with E-state index in [1.165, 1.54) is 18.2 Å². The first-order chi connectivity index (χ1) is 7.65. The van der Waals surface area contributed by atoms with Crippen molar-refractivity contribution in [1.82, 2.24) is 5.32 Å². The molecule has 1 aromatic carbocycles. The van der Waals surface area contributed by atoms with Crippen molar-refractivity contribution >= 4 is 23.2 Å². The van der Waals surface area contributed by atoms with E-state index in [2.05, 4.69) is 10.6 Å². The summed E-state index contributed by atoms with van der Waals surface area (Å²) in [5.74, 6) is -0.278. The lowest BCUT2D eigenvalue weighted by molar-refractivity contribution is -0.117. The number of carbonyl (C=O) groups excluding carboxylic acids is 1. The molecule has 1 amide bonds. The van der Waals surface area contributed by atoms with Crippen molar-refractivity contribution in [3.8, 4) is 0 Å². The molecule has 0 aromatic heterocycles. The second-order valence-corrected chi connectivity index (χ2v) is 4.34. The van der Waals surface area contributed by atoms with Gasteiger partial charge < -0.3 is 10.6 Å². The Labute approximate surface area is 98.0 Å². The molecule has 1 aliphatic rings. The molecule has 0 radical (unpaired) electrons. The predicted octanol–water partition coefficient (Wildman–Crippen LogP) is 2.03. The van der Waals surface area contributed by atoms with Crippen molar-refractivity contribution in [3.05, 3.63) is 29.0 Å². The first-order valence-electron chi connectivity index (χ1n) is 5.11. The number of amides is 1. The van der Waals surface area contributed by atoms with Crippen molar-refractivity contribution < 1.29 is 9.18 Å². The second kappa shape index (κ2) is 4.80. The molecule has 0 bridgehead atoms. The van der Waals surface area contributed by atoms with Gasteiger partial charge in [0, 0.05) is 11.4 Å². The molecule has 0 saturated carbocycles. The maximum Gasteiger partial charge on any atom is 0.224 e. The molecule has 1 heterocycles. The van der Waals surface area contributed by atoms with Crippen LogP contribution >= 0.6 is 11.6 Å². The molecule has 1 aliphatic heterocycles. The number of hydrogen-bond acceptors (Lipinski definition) is 2. The molecule has 5 heteroatoms. The molecule has 0 spiro atoms. The maximum atomic E-state index is 13.3. The van der Waals surface area contributed by atoms with Gasteiger partial charge in [-0.15, -0.1) is 0 Å². The average Bonchev–Trinajstić information content (AvgIpc) is 2.18. The number of nitrogens with one attached hydrogen (secondary N) is 2. The molecule has 2 rings (SSSR count). The molecule has 86 valence electrons. The van der Waals surface area contributed by atoms with Gasteiger partial charge in [-0.05, 0) is 37.2 Å². The van der Waals surface area contributed by atoms with Crippen LogP contribution < -0.4 is 10.6 Å². The molecule has 1 aromatic rings. The van der Waals surface area contributed by atoms with Crippen LogP contribution in [0.3, 0.4) is 0 Å². The van der Waals surface area contributed by atoms with Crippen LogP contribution in [0.4, 0.5) is 10.1 Å². The van der Waals surface area contributed by atoms with Crippen LogP contribution in [0.15, 0.2) is 18.2 Å². The zero-order valence-electron chi connectivity index (χ0n) is 8.59. The SMILES string of the molecule is O=C(CC1CNC1)Nc1cc(Cl)ccc1F. The molecular weight excluding hydrogens is 231 g/mol. The summed E-state index contributed by atoms with van der Waals surface area (Å²) in [6.07, 6.45) is 0.416. The third-order valence-electron chi connectivity index (χ3n) is 2.54. The summed E-state index contributed by atoms with van der Waals surface area (Å²) < 4.78 is 13.3. The summed E-state index contributed by atoms with van der Waals surface area (Å²) in [4.78, 5) is 11.5. The van der Waals surface area contributed by atoms with Gasteiger partial charge in [-0.1, -0.05) is 11.6 Å². The van der Waals surface area contributed by atoms with Crippen LogP contribution in [-0.2, 0) is 4.79 Å². The summed E-state index contributed by atoms with van der Waals surface area (Å²) in [5.41, 5.74) is 0.143. The standard InChI is InChI=1S/C11H12ClFN2O/c12-8-1-2-9(13)10(4-8)15-11(16)3-7-5-14-6-7/h1-2,4,7,14H,3,5-6H2,(H,15,16). The molecule has 1 saturated heterocycles. The van der Waals surface area contributed by atoms with Gasteiger partial charge in [0.05, 0.1) is 5.69 Å². The van der Waals surface area contributed by atoms with E-state index < -0.39 is 5.82 Å². The number of benzene rings is 1. The monoisotopic (exact) mass is 242 g/mol. The van der Waals surface area contributed by atoms with Crippen molar-refractivity contribution in [2.75, 3.05) is 18.4 Å². The lowest BCUT2D eigenvalue weighted by atomic mass is 9.99. The molecule has 2 N–H and O–H groups in total. The molecule has 0 aliphatic carbocycles. The number of carbonyl (C=O) groups is 1.